The number of ether oxygens (including phenoxy) is 1. The molecule has 4 nitrogen and oxygen atoms in total. The molecule has 1 fully saturated rings. The third-order valence-electron chi connectivity index (χ3n) is 2.88. The molecular weight excluding hydrogens is 272 g/mol. The van der Waals surface area contributed by atoms with E-state index >= 15 is 0 Å². The van der Waals surface area contributed by atoms with Gasteiger partial charge in [-0.3, -0.25) is 4.79 Å². The van der Waals surface area contributed by atoms with E-state index in [1.54, 1.807) is 7.11 Å². The Kier molecular flexibility index (Phi) is 9.91. The van der Waals surface area contributed by atoms with Crippen LogP contribution >= 0.6 is 24.2 Å². The van der Waals surface area contributed by atoms with Crippen molar-refractivity contribution in [2.24, 2.45) is 5.92 Å². The van der Waals surface area contributed by atoms with Crippen LogP contribution in [0, 0.1) is 5.92 Å². The van der Waals surface area contributed by atoms with Gasteiger partial charge in [0.2, 0.25) is 5.91 Å². The maximum absolute atomic E-state index is 12.0. The number of methoxy groups -OCH3 is 1. The van der Waals surface area contributed by atoms with Gasteiger partial charge in [-0.05, 0) is 5.92 Å². The molecule has 1 aliphatic heterocycles. The minimum absolute atomic E-state index is 0. The Balaban J connectivity index is 0.00000289. The molecule has 1 rings (SSSR count). The zero-order chi connectivity index (χ0) is 12.7. The number of carbonyl (C=O) groups excluding carboxylic acids is 1. The molecule has 1 N–H and O–H groups in total. The lowest BCUT2D eigenvalue weighted by Gasteiger charge is -2.26. The van der Waals surface area contributed by atoms with Gasteiger partial charge in [0.1, 0.15) is 0 Å². The molecule has 1 heterocycles. The number of rotatable bonds is 6. The Morgan fingerprint density at radius 3 is 2.89 bits per heavy atom. The maximum Gasteiger partial charge on any atom is 0.223 e. The summed E-state index contributed by atoms with van der Waals surface area (Å²) in [5.74, 6) is 2.83. The largest absolute Gasteiger partial charge is 0.384 e. The molecule has 0 spiro atoms. The number of nitrogens with one attached hydrogen (secondary N) is 1. The molecule has 0 saturated carbocycles. The van der Waals surface area contributed by atoms with Crippen molar-refractivity contribution in [3.8, 4) is 0 Å². The third kappa shape index (κ3) is 6.83. The first-order chi connectivity index (χ1) is 8.13. The van der Waals surface area contributed by atoms with E-state index in [9.17, 15) is 4.79 Å². The van der Waals surface area contributed by atoms with Gasteiger partial charge < -0.3 is 15.0 Å². The Morgan fingerprint density at radius 1 is 1.61 bits per heavy atom. The minimum Gasteiger partial charge on any atom is -0.384 e. The average Bonchev–Trinajstić information content (AvgIpc) is 2.30. The number of carbonyl (C=O) groups is 1. The number of halogens is 1. The molecule has 2 atom stereocenters. The third-order valence-corrected chi connectivity index (χ3v) is 4.01. The van der Waals surface area contributed by atoms with E-state index in [0.717, 1.165) is 24.6 Å². The van der Waals surface area contributed by atoms with Crippen LogP contribution < -0.4 is 5.32 Å². The van der Waals surface area contributed by atoms with Gasteiger partial charge in [-0.25, -0.2) is 0 Å². The van der Waals surface area contributed by atoms with E-state index in [2.05, 4.69) is 12.2 Å². The molecular formula is C12H25ClN2O2S. The highest BCUT2D eigenvalue weighted by atomic mass is 35.5. The van der Waals surface area contributed by atoms with Crippen molar-refractivity contribution < 1.29 is 9.53 Å². The molecule has 0 aliphatic carbocycles. The summed E-state index contributed by atoms with van der Waals surface area (Å²) in [7, 11) is 3.58. The lowest BCUT2D eigenvalue weighted by atomic mass is 10.1. The Bertz CT molecular complexity index is 238. The van der Waals surface area contributed by atoms with E-state index in [0.29, 0.717) is 25.0 Å². The standard InChI is InChI=1S/C12H24N2O2S.ClH/c1-10(8-16-3)7-14(2)12(15)6-11-9-17-5-4-13-11;/h10-11,13H,4-9H2,1-3H3;1H. The molecule has 0 aromatic heterocycles. The van der Waals surface area contributed by atoms with E-state index in [-0.39, 0.29) is 18.3 Å². The highest BCUT2D eigenvalue weighted by Crippen LogP contribution is 2.11. The Hall–Kier alpha value is 0.0300. The number of hydrogen-bond acceptors (Lipinski definition) is 4. The van der Waals surface area contributed by atoms with Crippen LogP contribution in [0.4, 0.5) is 0 Å². The molecule has 2 unspecified atom stereocenters. The molecule has 1 saturated heterocycles. The quantitative estimate of drug-likeness (QED) is 0.801. The monoisotopic (exact) mass is 296 g/mol. The summed E-state index contributed by atoms with van der Waals surface area (Å²) in [6.07, 6.45) is 0.614. The summed E-state index contributed by atoms with van der Waals surface area (Å²) in [4.78, 5) is 13.8. The zero-order valence-electron chi connectivity index (χ0n) is 11.5. The molecule has 0 aromatic rings. The lowest BCUT2D eigenvalue weighted by Crippen LogP contribution is -2.42. The molecule has 0 radical (unpaired) electrons. The van der Waals surface area contributed by atoms with Crippen LogP contribution in [0.15, 0.2) is 0 Å². The second-order valence-electron chi connectivity index (χ2n) is 4.76. The first kappa shape index (κ1) is 18.0. The average molecular weight is 297 g/mol. The summed E-state index contributed by atoms with van der Waals surface area (Å²) in [6, 6.07) is 0.349. The smallest absolute Gasteiger partial charge is 0.223 e. The van der Waals surface area contributed by atoms with Gasteiger partial charge >= 0.3 is 0 Å². The van der Waals surface area contributed by atoms with Crippen LogP contribution in [0.25, 0.3) is 0 Å². The maximum atomic E-state index is 12.0. The van der Waals surface area contributed by atoms with Gasteiger partial charge in [0, 0.05) is 51.2 Å². The number of nitrogens with zero attached hydrogens (tertiary/aromatic N) is 1. The second-order valence-corrected chi connectivity index (χ2v) is 5.91. The van der Waals surface area contributed by atoms with E-state index < -0.39 is 0 Å². The lowest BCUT2D eigenvalue weighted by molar-refractivity contribution is -0.131. The predicted molar refractivity (Wildman–Crippen MR) is 79.7 cm³/mol. The summed E-state index contributed by atoms with van der Waals surface area (Å²) in [5, 5.41) is 3.39. The SMILES string of the molecule is COCC(C)CN(C)C(=O)CC1CSCCN1.Cl. The Labute approximate surface area is 121 Å². The number of amides is 1. The van der Waals surface area contributed by atoms with Crippen LogP contribution in [0.3, 0.4) is 0 Å². The fourth-order valence-electron chi connectivity index (χ4n) is 2.02. The van der Waals surface area contributed by atoms with Crippen LogP contribution in [0.5, 0.6) is 0 Å². The topological polar surface area (TPSA) is 41.6 Å². The van der Waals surface area contributed by atoms with Crippen molar-refractivity contribution in [3.05, 3.63) is 0 Å². The molecule has 1 aliphatic rings. The van der Waals surface area contributed by atoms with Crippen molar-refractivity contribution in [1.29, 1.82) is 0 Å². The van der Waals surface area contributed by atoms with Crippen LogP contribution in [-0.4, -0.2) is 62.2 Å². The van der Waals surface area contributed by atoms with E-state index in [4.69, 9.17) is 4.74 Å². The predicted octanol–water partition coefficient (Wildman–Crippen LogP) is 1.24. The van der Waals surface area contributed by atoms with Crippen molar-refractivity contribution in [2.75, 3.05) is 45.4 Å². The Morgan fingerprint density at radius 2 is 2.33 bits per heavy atom. The summed E-state index contributed by atoms with van der Waals surface area (Å²) in [6.45, 7) is 4.59. The minimum atomic E-state index is 0. The van der Waals surface area contributed by atoms with Crippen LogP contribution in [0.1, 0.15) is 13.3 Å². The summed E-state index contributed by atoms with van der Waals surface area (Å²) < 4.78 is 5.08. The van der Waals surface area contributed by atoms with E-state index in [1.807, 2.05) is 23.7 Å². The number of thioether (sulfide) groups is 1. The fraction of sp³-hybridized carbons (Fsp3) is 0.917. The van der Waals surface area contributed by atoms with E-state index in [1.165, 1.54) is 0 Å². The van der Waals surface area contributed by atoms with Gasteiger partial charge in [0.15, 0.2) is 0 Å². The van der Waals surface area contributed by atoms with Gasteiger partial charge in [-0.15, -0.1) is 12.4 Å². The van der Waals surface area contributed by atoms with Crippen molar-refractivity contribution in [2.45, 2.75) is 19.4 Å². The van der Waals surface area contributed by atoms with Crippen molar-refractivity contribution in [1.82, 2.24) is 10.2 Å². The highest BCUT2D eigenvalue weighted by Gasteiger charge is 2.19. The molecule has 108 valence electrons. The second kappa shape index (κ2) is 9.89. The first-order valence-electron chi connectivity index (χ1n) is 6.17. The van der Waals surface area contributed by atoms with Gasteiger partial charge in [-0.2, -0.15) is 11.8 Å². The fourth-order valence-corrected chi connectivity index (χ4v) is 2.97. The van der Waals surface area contributed by atoms with Gasteiger partial charge in [0.05, 0.1) is 6.61 Å². The molecule has 0 bridgehead atoms. The molecule has 18 heavy (non-hydrogen) atoms. The highest BCUT2D eigenvalue weighted by molar-refractivity contribution is 7.99. The first-order valence-corrected chi connectivity index (χ1v) is 7.33. The van der Waals surface area contributed by atoms with Crippen LogP contribution in [0.2, 0.25) is 0 Å². The number of hydrogen-bond donors (Lipinski definition) is 1. The van der Waals surface area contributed by atoms with Gasteiger partial charge in [-0.1, -0.05) is 6.92 Å². The van der Waals surface area contributed by atoms with Gasteiger partial charge in [0.25, 0.3) is 0 Å². The van der Waals surface area contributed by atoms with Crippen LogP contribution in [-0.2, 0) is 9.53 Å². The molecule has 1 amide bonds. The molecule has 6 heteroatoms. The van der Waals surface area contributed by atoms with Crippen molar-refractivity contribution >= 4 is 30.1 Å². The summed E-state index contributed by atoms with van der Waals surface area (Å²) in [5.41, 5.74) is 0. The van der Waals surface area contributed by atoms with Crippen molar-refractivity contribution in [3.63, 3.8) is 0 Å². The molecule has 0 aromatic carbocycles. The normalized spacial score (nSPS) is 20.9. The zero-order valence-corrected chi connectivity index (χ0v) is 13.1. The summed E-state index contributed by atoms with van der Waals surface area (Å²) >= 11 is 1.93.